The molecule has 1 aliphatic heterocycles. The van der Waals surface area contributed by atoms with Gasteiger partial charge in [-0.15, -0.1) is 0 Å². The fraction of sp³-hybridized carbons (Fsp3) is 1.00. The molecule has 0 aromatic rings. The lowest BCUT2D eigenvalue weighted by Gasteiger charge is -2.30. The van der Waals surface area contributed by atoms with Crippen LogP contribution in [-0.2, 0) is 18.0 Å². The van der Waals surface area contributed by atoms with Crippen LogP contribution in [0.1, 0.15) is 58.3 Å². The van der Waals surface area contributed by atoms with E-state index in [4.69, 9.17) is 18.0 Å². The van der Waals surface area contributed by atoms with Crippen molar-refractivity contribution in [1.82, 2.24) is 0 Å². The third kappa shape index (κ3) is 6.22. The van der Waals surface area contributed by atoms with Crippen LogP contribution in [0.2, 0.25) is 5.54 Å². The summed E-state index contributed by atoms with van der Waals surface area (Å²) >= 11 is 0. The summed E-state index contributed by atoms with van der Waals surface area (Å²) in [6.07, 6.45) is 10.9. The van der Waals surface area contributed by atoms with Gasteiger partial charge in [0.05, 0.1) is 12.7 Å². The molecule has 1 heterocycles. The molecule has 1 rings (SSSR count). The molecule has 2 unspecified atom stereocenters. The van der Waals surface area contributed by atoms with E-state index in [-0.39, 0.29) is 0 Å². The molecule has 1 aliphatic rings. The highest BCUT2D eigenvalue weighted by Gasteiger charge is 2.43. The minimum atomic E-state index is -2.42. The Balaban J connectivity index is 1.98. The molecule has 20 heavy (non-hydrogen) atoms. The third-order valence-corrected chi connectivity index (χ3v) is 7.48. The summed E-state index contributed by atoms with van der Waals surface area (Å²) in [6, 6.07) is 0. The van der Waals surface area contributed by atoms with E-state index in [1.807, 2.05) is 0 Å². The molecular formula is C15H32O4Si. The summed E-state index contributed by atoms with van der Waals surface area (Å²) in [5.74, 6) is 0. The molecule has 2 atom stereocenters. The number of ether oxygens (including phenoxy) is 1. The quantitative estimate of drug-likeness (QED) is 0.295. The molecule has 0 amide bonds. The van der Waals surface area contributed by atoms with Crippen LogP contribution in [0.15, 0.2) is 0 Å². The van der Waals surface area contributed by atoms with Gasteiger partial charge in [-0.25, -0.2) is 0 Å². The average Bonchev–Trinajstić information content (AvgIpc) is 3.28. The Morgan fingerprint density at radius 3 is 1.95 bits per heavy atom. The summed E-state index contributed by atoms with van der Waals surface area (Å²) in [5, 5.41) is 0. The first-order valence-corrected chi connectivity index (χ1v) is 9.75. The first-order chi connectivity index (χ1) is 9.68. The summed E-state index contributed by atoms with van der Waals surface area (Å²) in [4.78, 5) is 0. The van der Waals surface area contributed by atoms with Crippen LogP contribution in [0.3, 0.4) is 0 Å². The van der Waals surface area contributed by atoms with E-state index in [0.29, 0.717) is 11.6 Å². The summed E-state index contributed by atoms with van der Waals surface area (Å²) in [7, 11) is 2.66. The van der Waals surface area contributed by atoms with Gasteiger partial charge < -0.3 is 18.0 Å². The highest BCUT2D eigenvalue weighted by molar-refractivity contribution is 6.62. The second-order valence-electron chi connectivity index (χ2n) is 5.77. The number of unbranched alkanes of at least 4 members (excludes halogenated alkanes) is 5. The zero-order valence-corrected chi connectivity index (χ0v) is 14.7. The zero-order valence-electron chi connectivity index (χ0n) is 13.7. The van der Waals surface area contributed by atoms with Gasteiger partial charge in [-0.1, -0.05) is 45.4 Å². The van der Waals surface area contributed by atoms with Crippen LogP contribution in [0.25, 0.3) is 0 Å². The second-order valence-corrected chi connectivity index (χ2v) is 9.19. The number of hydrogen-bond acceptors (Lipinski definition) is 4. The van der Waals surface area contributed by atoms with Crippen molar-refractivity contribution >= 4 is 8.80 Å². The minimum Gasteiger partial charge on any atom is -0.377 e. The fourth-order valence-corrected chi connectivity index (χ4v) is 5.06. The van der Waals surface area contributed by atoms with E-state index >= 15 is 0 Å². The van der Waals surface area contributed by atoms with Gasteiger partial charge in [0, 0.05) is 26.9 Å². The van der Waals surface area contributed by atoms with Crippen LogP contribution in [-0.4, -0.2) is 42.8 Å². The Hall–Kier alpha value is 0.0569. The van der Waals surface area contributed by atoms with E-state index in [1.54, 1.807) is 21.3 Å². The van der Waals surface area contributed by atoms with Crippen molar-refractivity contribution in [1.29, 1.82) is 0 Å². The predicted octanol–water partition coefficient (Wildman–Crippen LogP) is 3.77. The maximum atomic E-state index is 5.52. The van der Waals surface area contributed by atoms with Gasteiger partial charge >= 0.3 is 8.80 Å². The third-order valence-electron chi connectivity index (χ3n) is 4.27. The zero-order chi connectivity index (χ0) is 14.8. The van der Waals surface area contributed by atoms with Crippen LogP contribution in [0.4, 0.5) is 0 Å². The largest absolute Gasteiger partial charge is 0.503 e. The van der Waals surface area contributed by atoms with Crippen molar-refractivity contribution < 1.29 is 18.0 Å². The van der Waals surface area contributed by atoms with Gasteiger partial charge in [0.15, 0.2) is 0 Å². The van der Waals surface area contributed by atoms with Gasteiger partial charge in [-0.2, -0.15) is 0 Å². The Morgan fingerprint density at radius 2 is 1.45 bits per heavy atom. The molecule has 0 saturated carbocycles. The first-order valence-electron chi connectivity index (χ1n) is 7.95. The monoisotopic (exact) mass is 304 g/mol. The maximum Gasteiger partial charge on any atom is 0.503 e. The minimum absolute atomic E-state index is 0.370. The van der Waals surface area contributed by atoms with Gasteiger partial charge in [0.25, 0.3) is 0 Å². The van der Waals surface area contributed by atoms with Crippen molar-refractivity contribution in [2.75, 3.05) is 27.9 Å². The molecule has 0 radical (unpaired) electrons. The van der Waals surface area contributed by atoms with Crippen LogP contribution < -0.4 is 0 Å². The van der Waals surface area contributed by atoms with Crippen LogP contribution in [0, 0.1) is 0 Å². The lowest BCUT2D eigenvalue weighted by atomic mass is 10.1. The smallest absolute Gasteiger partial charge is 0.377 e. The van der Waals surface area contributed by atoms with E-state index in [1.165, 1.54) is 44.9 Å². The fourth-order valence-electron chi connectivity index (χ4n) is 2.79. The molecule has 4 nitrogen and oxygen atoms in total. The Bertz CT molecular complexity index is 234. The van der Waals surface area contributed by atoms with Crippen molar-refractivity contribution in [3.8, 4) is 0 Å². The number of rotatable bonds is 13. The highest BCUT2D eigenvalue weighted by Crippen LogP contribution is 2.29. The molecule has 0 bridgehead atoms. The van der Waals surface area contributed by atoms with E-state index < -0.39 is 8.80 Å². The van der Waals surface area contributed by atoms with Crippen molar-refractivity contribution in [3.05, 3.63) is 0 Å². The van der Waals surface area contributed by atoms with Crippen molar-refractivity contribution in [2.24, 2.45) is 0 Å². The molecule has 0 aromatic heterocycles. The summed E-state index contributed by atoms with van der Waals surface area (Å²) in [5.41, 5.74) is 0.370. The normalized spacial score (nSPS) is 20.1. The molecule has 1 saturated heterocycles. The SMILES string of the molecule is CO[Si](OC)(OC)C(C)CCCCCCCCC1CO1. The Labute approximate surface area is 125 Å². The van der Waals surface area contributed by atoms with E-state index in [0.717, 1.165) is 13.0 Å². The van der Waals surface area contributed by atoms with Gasteiger partial charge in [-0.3, -0.25) is 0 Å². The van der Waals surface area contributed by atoms with Crippen LogP contribution >= 0.6 is 0 Å². The molecule has 1 fully saturated rings. The van der Waals surface area contributed by atoms with Gasteiger partial charge in [0.1, 0.15) is 0 Å². The second kappa shape index (κ2) is 9.90. The van der Waals surface area contributed by atoms with Gasteiger partial charge in [0.2, 0.25) is 0 Å². The lowest BCUT2D eigenvalue weighted by molar-refractivity contribution is 0.111. The highest BCUT2D eigenvalue weighted by atomic mass is 28.4. The van der Waals surface area contributed by atoms with Crippen molar-refractivity contribution in [2.45, 2.75) is 69.9 Å². The molecule has 0 aliphatic carbocycles. The van der Waals surface area contributed by atoms with Crippen molar-refractivity contribution in [3.63, 3.8) is 0 Å². The average molecular weight is 305 g/mol. The standard InChI is InChI=1S/C15H32O4Si/c1-14(20(16-2,17-3)18-4)11-9-7-5-6-8-10-12-15-13-19-15/h14-15H,5-13H2,1-4H3. The first kappa shape index (κ1) is 18.1. The molecule has 0 spiro atoms. The lowest BCUT2D eigenvalue weighted by Crippen LogP contribution is -2.46. The molecule has 120 valence electrons. The molecule has 5 heteroatoms. The summed E-state index contributed by atoms with van der Waals surface area (Å²) in [6.45, 7) is 3.18. The molecule has 0 N–H and O–H groups in total. The predicted molar refractivity (Wildman–Crippen MR) is 82.9 cm³/mol. The van der Waals surface area contributed by atoms with Gasteiger partial charge in [-0.05, 0) is 12.8 Å². The number of hydrogen-bond donors (Lipinski definition) is 0. The summed E-state index contributed by atoms with van der Waals surface area (Å²) < 4.78 is 21.8. The molecular weight excluding hydrogens is 272 g/mol. The number of epoxide rings is 1. The topological polar surface area (TPSA) is 40.2 Å². The van der Waals surface area contributed by atoms with E-state index in [2.05, 4.69) is 6.92 Å². The van der Waals surface area contributed by atoms with E-state index in [9.17, 15) is 0 Å². The molecule has 0 aromatic carbocycles. The van der Waals surface area contributed by atoms with Crippen LogP contribution in [0.5, 0.6) is 0 Å². The maximum absolute atomic E-state index is 5.52. The Morgan fingerprint density at radius 1 is 0.950 bits per heavy atom. The Kier molecular flexibility index (Phi) is 8.96.